The van der Waals surface area contributed by atoms with Gasteiger partial charge in [0.05, 0.1) is 0 Å². The van der Waals surface area contributed by atoms with Crippen LogP contribution in [0.5, 0.6) is 11.5 Å². The van der Waals surface area contributed by atoms with Crippen LogP contribution in [0, 0.1) is 24.1 Å². The molecule has 2 nitrogen and oxygen atoms in total. The first-order valence-electron chi connectivity index (χ1n) is 10.3. The molecule has 0 radical (unpaired) electrons. The zero-order chi connectivity index (χ0) is 21.6. The number of rotatable bonds is 2. The van der Waals surface area contributed by atoms with Crippen LogP contribution in [-0.4, -0.2) is 0 Å². The van der Waals surface area contributed by atoms with Gasteiger partial charge in [0.15, 0.2) is 0 Å². The maximum Gasteiger partial charge on any atom is 0.140 e. The lowest BCUT2D eigenvalue weighted by Crippen LogP contribution is -1.87. The topological polar surface area (TPSA) is 18.5 Å². The number of hydrogen-bond acceptors (Lipinski definition) is 2. The molecule has 0 saturated carbocycles. The molecule has 0 spiro atoms. The summed E-state index contributed by atoms with van der Waals surface area (Å²) in [7, 11) is 0. The molecule has 0 N–H and O–H groups in total. The summed E-state index contributed by atoms with van der Waals surface area (Å²) in [5, 5.41) is 4.54. The quantitative estimate of drug-likeness (QED) is 0.299. The highest BCUT2D eigenvalue weighted by Crippen LogP contribution is 2.20. The number of hydrogen-bond donors (Lipinski definition) is 0. The van der Waals surface area contributed by atoms with Gasteiger partial charge >= 0.3 is 0 Å². The molecule has 2 heteroatoms. The Hall–Kier alpha value is -4.66. The van der Waals surface area contributed by atoms with Crippen LogP contribution in [0.4, 0.5) is 0 Å². The van der Waals surface area contributed by atoms with Crippen molar-refractivity contribution in [1.29, 1.82) is 0 Å². The smallest absolute Gasteiger partial charge is 0.140 e. The van der Waals surface area contributed by atoms with Crippen molar-refractivity contribution >= 4 is 21.5 Å². The monoisotopic (exact) mass is 410 g/mol. The maximum atomic E-state index is 5.58. The summed E-state index contributed by atoms with van der Waals surface area (Å²) in [6.45, 7) is 0. The van der Waals surface area contributed by atoms with Gasteiger partial charge < -0.3 is 9.47 Å². The van der Waals surface area contributed by atoms with Gasteiger partial charge in [-0.3, -0.25) is 0 Å². The predicted octanol–water partition coefficient (Wildman–Crippen LogP) is 6.77. The first-order valence-corrected chi connectivity index (χ1v) is 10.3. The molecular weight excluding hydrogens is 392 g/mol. The van der Waals surface area contributed by atoms with Crippen molar-refractivity contribution in [3.8, 4) is 35.6 Å². The third-order valence-electron chi connectivity index (χ3n) is 5.11. The number of ether oxygens (including phenoxy) is 2. The molecule has 0 amide bonds. The summed E-state index contributed by atoms with van der Waals surface area (Å²) in [6.07, 6.45) is 5.58. The van der Waals surface area contributed by atoms with E-state index in [9.17, 15) is 0 Å². The first kappa shape index (κ1) is 19.3. The molecule has 32 heavy (non-hydrogen) atoms. The van der Waals surface area contributed by atoms with E-state index in [-0.39, 0.29) is 0 Å². The molecule has 0 aromatic heterocycles. The second kappa shape index (κ2) is 9.00. The molecule has 0 aliphatic heterocycles. The Kier molecular flexibility index (Phi) is 5.43. The minimum atomic E-state index is 0.645. The standard InChI is InChI=1S/C30H18O2/c1-3-13-29-23(7-1)9-5-11-25(29)19-21-31-27-15-17-28(18-16-27)32-22-20-26-12-6-10-24-8-2-4-14-30(24)26/h1-18H. The molecule has 0 aliphatic carbocycles. The third-order valence-corrected chi connectivity index (χ3v) is 5.11. The molecule has 0 fully saturated rings. The Balaban J connectivity index is 1.26. The fourth-order valence-corrected chi connectivity index (χ4v) is 3.52. The second-order valence-corrected chi connectivity index (χ2v) is 7.18. The van der Waals surface area contributed by atoms with Gasteiger partial charge in [0, 0.05) is 11.1 Å². The molecule has 5 aromatic rings. The lowest BCUT2D eigenvalue weighted by atomic mass is 10.1. The lowest BCUT2D eigenvalue weighted by molar-refractivity contribution is 0.505. The normalized spacial score (nSPS) is 10.0. The van der Waals surface area contributed by atoms with Crippen LogP contribution >= 0.6 is 0 Å². The first-order chi connectivity index (χ1) is 15.9. The van der Waals surface area contributed by atoms with Gasteiger partial charge in [-0.15, -0.1) is 0 Å². The highest BCUT2D eigenvalue weighted by Gasteiger charge is 1.99. The van der Waals surface area contributed by atoms with Crippen molar-refractivity contribution in [2.24, 2.45) is 0 Å². The third kappa shape index (κ3) is 4.26. The summed E-state index contributed by atoms with van der Waals surface area (Å²) in [5.41, 5.74) is 1.87. The lowest BCUT2D eigenvalue weighted by Gasteiger charge is -2.01. The SMILES string of the molecule is C(#Cc1cccc2ccccc12)Oc1ccc(OC#Cc2cccc3ccccc23)cc1. The van der Waals surface area contributed by atoms with Crippen LogP contribution in [0.15, 0.2) is 109 Å². The summed E-state index contributed by atoms with van der Waals surface area (Å²) in [4.78, 5) is 0. The average Bonchev–Trinajstić information content (AvgIpc) is 2.85. The Morgan fingerprint density at radius 1 is 0.406 bits per heavy atom. The Morgan fingerprint density at radius 3 is 1.28 bits per heavy atom. The minimum absolute atomic E-state index is 0.645. The van der Waals surface area contributed by atoms with Crippen LogP contribution in [0.2, 0.25) is 0 Å². The zero-order valence-electron chi connectivity index (χ0n) is 17.2. The van der Waals surface area contributed by atoms with Crippen LogP contribution in [0.3, 0.4) is 0 Å². The van der Waals surface area contributed by atoms with Gasteiger partial charge in [0.25, 0.3) is 0 Å². The van der Waals surface area contributed by atoms with Gasteiger partial charge in [-0.1, -0.05) is 72.8 Å². The van der Waals surface area contributed by atoms with Crippen molar-refractivity contribution in [3.63, 3.8) is 0 Å². The highest BCUT2D eigenvalue weighted by molar-refractivity contribution is 5.88. The van der Waals surface area contributed by atoms with E-state index in [1.54, 1.807) is 0 Å². The van der Waals surface area contributed by atoms with Crippen LogP contribution in [-0.2, 0) is 0 Å². The largest absolute Gasteiger partial charge is 0.407 e. The van der Waals surface area contributed by atoms with Gasteiger partial charge in [-0.2, -0.15) is 0 Å². The van der Waals surface area contributed by atoms with Crippen molar-refractivity contribution < 1.29 is 9.47 Å². The van der Waals surface area contributed by atoms with Crippen LogP contribution in [0.1, 0.15) is 11.1 Å². The molecule has 150 valence electrons. The van der Waals surface area contributed by atoms with Crippen LogP contribution in [0.25, 0.3) is 21.5 Å². The van der Waals surface area contributed by atoms with E-state index in [4.69, 9.17) is 9.47 Å². The van der Waals surface area contributed by atoms with E-state index in [1.165, 1.54) is 0 Å². The Bertz CT molecular complexity index is 1400. The van der Waals surface area contributed by atoms with Crippen molar-refractivity contribution in [2.75, 3.05) is 0 Å². The Morgan fingerprint density at radius 2 is 0.812 bits per heavy atom. The maximum absolute atomic E-state index is 5.58. The molecule has 0 saturated heterocycles. The molecule has 0 heterocycles. The van der Waals surface area contributed by atoms with E-state index in [0.717, 1.165) is 32.7 Å². The fourth-order valence-electron chi connectivity index (χ4n) is 3.52. The molecule has 5 rings (SSSR count). The van der Waals surface area contributed by atoms with Crippen molar-refractivity contribution in [3.05, 3.63) is 120 Å². The summed E-state index contributed by atoms with van der Waals surface area (Å²) in [6, 6.07) is 35.7. The van der Waals surface area contributed by atoms with E-state index < -0.39 is 0 Å². The summed E-state index contributed by atoms with van der Waals surface area (Å²) < 4.78 is 11.2. The molecule has 0 unspecified atom stereocenters. The van der Waals surface area contributed by atoms with E-state index >= 15 is 0 Å². The highest BCUT2D eigenvalue weighted by atomic mass is 16.5. The summed E-state index contributed by atoms with van der Waals surface area (Å²) in [5.74, 6) is 7.47. The Labute approximate surface area is 187 Å². The second-order valence-electron chi connectivity index (χ2n) is 7.18. The summed E-state index contributed by atoms with van der Waals surface area (Å²) >= 11 is 0. The number of benzene rings is 5. The minimum Gasteiger partial charge on any atom is -0.407 e. The average molecular weight is 410 g/mol. The zero-order valence-corrected chi connectivity index (χ0v) is 17.2. The van der Waals surface area contributed by atoms with Gasteiger partial charge in [0.1, 0.15) is 23.7 Å². The molecule has 0 aliphatic rings. The van der Waals surface area contributed by atoms with Gasteiger partial charge in [-0.05, 0) is 69.8 Å². The molecule has 0 atom stereocenters. The fraction of sp³-hybridized carbons (Fsp3) is 0. The van der Waals surface area contributed by atoms with E-state index in [0.29, 0.717) is 11.5 Å². The molecule has 0 bridgehead atoms. The van der Waals surface area contributed by atoms with Crippen molar-refractivity contribution in [2.45, 2.75) is 0 Å². The molecule has 5 aromatic carbocycles. The van der Waals surface area contributed by atoms with Crippen molar-refractivity contribution in [1.82, 2.24) is 0 Å². The van der Waals surface area contributed by atoms with Crippen LogP contribution < -0.4 is 9.47 Å². The molecular formula is C30H18O2. The number of fused-ring (bicyclic) bond motifs is 2. The van der Waals surface area contributed by atoms with E-state index in [2.05, 4.69) is 60.5 Å². The predicted molar refractivity (Wildman–Crippen MR) is 129 cm³/mol. The van der Waals surface area contributed by atoms with E-state index in [1.807, 2.05) is 72.8 Å². The van der Waals surface area contributed by atoms with Gasteiger partial charge in [0.2, 0.25) is 0 Å². The van der Waals surface area contributed by atoms with Gasteiger partial charge in [-0.25, -0.2) is 0 Å².